The average Bonchev–Trinajstić information content (AvgIpc) is 3.23. The highest BCUT2D eigenvalue weighted by atomic mass is 32.2. The van der Waals surface area contributed by atoms with Crippen LogP contribution >= 0.6 is 0 Å². The summed E-state index contributed by atoms with van der Waals surface area (Å²) in [6.45, 7) is 2.41. The van der Waals surface area contributed by atoms with Crippen LogP contribution in [0, 0.1) is 6.92 Å². The smallest absolute Gasteiger partial charge is 0.227 e. The number of sulfone groups is 1. The Labute approximate surface area is 164 Å². The molecule has 4 rings (SSSR count). The highest BCUT2D eigenvalue weighted by Crippen LogP contribution is 2.25. The first-order valence-corrected chi connectivity index (χ1v) is 11.2. The molecule has 2 aromatic carbocycles. The Kier molecular flexibility index (Phi) is 4.98. The molecule has 5 nitrogen and oxygen atoms in total. The molecule has 1 aliphatic heterocycles. The second-order valence-electron chi connectivity index (χ2n) is 7.50. The van der Waals surface area contributed by atoms with Crippen molar-refractivity contribution in [1.29, 1.82) is 0 Å². The topological polar surface area (TPSA) is 67.6 Å². The molecular weight excluding hydrogens is 374 g/mol. The van der Waals surface area contributed by atoms with Gasteiger partial charge in [0.25, 0.3) is 0 Å². The van der Waals surface area contributed by atoms with Gasteiger partial charge in [-0.3, -0.25) is 4.79 Å². The minimum Gasteiger partial charge on any atom is -0.464 e. The van der Waals surface area contributed by atoms with Crippen LogP contribution in [0.25, 0.3) is 11.0 Å². The Balaban J connectivity index is 1.61. The highest BCUT2D eigenvalue weighted by Gasteiger charge is 2.34. The Morgan fingerprint density at radius 3 is 2.68 bits per heavy atom. The van der Waals surface area contributed by atoms with Crippen molar-refractivity contribution in [2.24, 2.45) is 0 Å². The van der Waals surface area contributed by atoms with Gasteiger partial charge in [0, 0.05) is 23.5 Å². The fourth-order valence-corrected chi connectivity index (χ4v) is 5.55. The zero-order chi connectivity index (χ0) is 19.7. The highest BCUT2D eigenvalue weighted by molar-refractivity contribution is 7.91. The van der Waals surface area contributed by atoms with Crippen molar-refractivity contribution in [2.45, 2.75) is 32.4 Å². The first kappa shape index (κ1) is 18.7. The van der Waals surface area contributed by atoms with E-state index in [1.54, 1.807) is 11.2 Å². The molecule has 0 bridgehead atoms. The third kappa shape index (κ3) is 3.97. The van der Waals surface area contributed by atoms with Gasteiger partial charge in [-0.05, 0) is 31.0 Å². The van der Waals surface area contributed by atoms with Crippen molar-refractivity contribution in [3.8, 4) is 0 Å². The van der Waals surface area contributed by atoms with Crippen LogP contribution in [0.15, 0.2) is 59.2 Å². The normalized spacial score (nSPS) is 18.4. The van der Waals surface area contributed by atoms with Gasteiger partial charge in [-0.15, -0.1) is 0 Å². The lowest BCUT2D eigenvalue weighted by atomic mass is 10.1. The number of amides is 1. The minimum absolute atomic E-state index is 0.0385. The van der Waals surface area contributed by atoms with Crippen molar-refractivity contribution in [3.05, 3.63) is 71.5 Å². The summed E-state index contributed by atoms with van der Waals surface area (Å²) in [5, 5.41) is 0.937. The van der Waals surface area contributed by atoms with Crippen molar-refractivity contribution >= 4 is 26.7 Å². The van der Waals surface area contributed by atoms with Gasteiger partial charge in [-0.1, -0.05) is 42.0 Å². The zero-order valence-electron chi connectivity index (χ0n) is 15.8. The van der Waals surface area contributed by atoms with E-state index in [1.807, 2.05) is 55.5 Å². The molecule has 0 radical (unpaired) electrons. The fraction of sp³-hybridized carbons (Fsp3) is 0.318. The van der Waals surface area contributed by atoms with Gasteiger partial charge in [-0.25, -0.2) is 8.42 Å². The van der Waals surface area contributed by atoms with E-state index < -0.39 is 9.84 Å². The van der Waals surface area contributed by atoms with Gasteiger partial charge in [-0.2, -0.15) is 0 Å². The number of hydrogen-bond donors (Lipinski definition) is 0. The number of aryl methyl sites for hydroxylation is 1. The summed E-state index contributed by atoms with van der Waals surface area (Å²) >= 11 is 0. The lowest BCUT2D eigenvalue weighted by Gasteiger charge is -2.28. The summed E-state index contributed by atoms with van der Waals surface area (Å²) in [5.74, 6) is 0.108. The van der Waals surface area contributed by atoms with Gasteiger partial charge in [0.2, 0.25) is 5.91 Å². The molecule has 146 valence electrons. The maximum atomic E-state index is 13.2. The number of rotatable bonds is 5. The minimum atomic E-state index is -3.08. The molecule has 1 saturated heterocycles. The van der Waals surface area contributed by atoms with E-state index in [4.69, 9.17) is 4.42 Å². The number of benzene rings is 2. The van der Waals surface area contributed by atoms with Crippen molar-refractivity contribution in [3.63, 3.8) is 0 Å². The Hall–Kier alpha value is -2.60. The van der Waals surface area contributed by atoms with E-state index in [9.17, 15) is 13.2 Å². The van der Waals surface area contributed by atoms with Crippen LogP contribution in [0.5, 0.6) is 0 Å². The summed E-state index contributed by atoms with van der Waals surface area (Å²) < 4.78 is 29.6. The zero-order valence-corrected chi connectivity index (χ0v) is 16.6. The number of hydrogen-bond acceptors (Lipinski definition) is 4. The lowest BCUT2D eigenvalue weighted by Crippen LogP contribution is -2.41. The van der Waals surface area contributed by atoms with E-state index in [-0.39, 0.29) is 29.9 Å². The maximum absolute atomic E-state index is 13.2. The monoisotopic (exact) mass is 397 g/mol. The second kappa shape index (κ2) is 7.43. The molecule has 28 heavy (non-hydrogen) atoms. The largest absolute Gasteiger partial charge is 0.464 e. The number of carbonyl (C=O) groups is 1. The number of nitrogens with zero attached hydrogens (tertiary/aromatic N) is 1. The van der Waals surface area contributed by atoms with Crippen molar-refractivity contribution < 1.29 is 17.6 Å². The number of furan rings is 1. The molecule has 3 aromatic rings. The van der Waals surface area contributed by atoms with E-state index in [0.717, 1.165) is 27.7 Å². The third-order valence-electron chi connectivity index (χ3n) is 5.32. The van der Waals surface area contributed by atoms with Gasteiger partial charge in [0.1, 0.15) is 5.58 Å². The fourth-order valence-electron chi connectivity index (χ4n) is 3.82. The average molecular weight is 397 g/mol. The van der Waals surface area contributed by atoms with Gasteiger partial charge >= 0.3 is 0 Å². The maximum Gasteiger partial charge on any atom is 0.227 e. The molecule has 0 aliphatic carbocycles. The van der Waals surface area contributed by atoms with Crippen LogP contribution in [0.3, 0.4) is 0 Å². The van der Waals surface area contributed by atoms with Gasteiger partial charge < -0.3 is 9.32 Å². The van der Waals surface area contributed by atoms with Crippen LogP contribution in [0.2, 0.25) is 0 Å². The molecule has 0 spiro atoms. The Morgan fingerprint density at radius 2 is 1.96 bits per heavy atom. The summed E-state index contributed by atoms with van der Waals surface area (Å²) in [6, 6.07) is 15.3. The predicted molar refractivity (Wildman–Crippen MR) is 109 cm³/mol. The third-order valence-corrected chi connectivity index (χ3v) is 7.07. The van der Waals surface area contributed by atoms with Crippen LogP contribution in [0.4, 0.5) is 0 Å². The summed E-state index contributed by atoms with van der Waals surface area (Å²) in [7, 11) is -3.08. The predicted octanol–water partition coefficient (Wildman–Crippen LogP) is 3.50. The summed E-state index contributed by atoms with van der Waals surface area (Å²) in [4.78, 5) is 15.0. The molecule has 1 fully saturated rings. The first-order valence-electron chi connectivity index (χ1n) is 9.42. The van der Waals surface area contributed by atoms with Gasteiger partial charge in [0.05, 0.1) is 24.2 Å². The summed E-state index contributed by atoms with van der Waals surface area (Å²) in [6.07, 6.45) is 2.32. The Bertz CT molecular complexity index is 1100. The molecular formula is C22H23NO4S. The molecule has 0 unspecified atom stereocenters. The van der Waals surface area contributed by atoms with Crippen LogP contribution in [0.1, 0.15) is 23.1 Å². The van der Waals surface area contributed by atoms with Crippen molar-refractivity contribution in [2.75, 3.05) is 11.5 Å². The van der Waals surface area contributed by atoms with Crippen LogP contribution in [-0.4, -0.2) is 36.8 Å². The van der Waals surface area contributed by atoms with Crippen molar-refractivity contribution in [1.82, 2.24) is 4.90 Å². The molecule has 1 amide bonds. The number of fused-ring (bicyclic) bond motifs is 1. The molecule has 2 heterocycles. The second-order valence-corrected chi connectivity index (χ2v) is 9.73. The lowest BCUT2D eigenvalue weighted by molar-refractivity contribution is -0.133. The molecule has 6 heteroatoms. The Morgan fingerprint density at radius 1 is 1.18 bits per heavy atom. The number of carbonyl (C=O) groups excluding carboxylic acids is 1. The van der Waals surface area contributed by atoms with Crippen LogP contribution < -0.4 is 0 Å². The van der Waals surface area contributed by atoms with Gasteiger partial charge in [0.15, 0.2) is 9.84 Å². The molecule has 1 aliphatic rings. The molecule has 1 atom stereocenters. The molecule has 0 N–H and O–H groups in total. The SMILES string of the molecule is Cc1ccc2occ(CC(=O)N(Cc3ccccc3)[C@@H]3CCS(=O)(=O)C3)c2c1. The van der Waals surface area contributed by atoms with E-state index in [0.29, 0.717) is 13.0 Å². The standard InChI is InChI=1S/C22H23NO4S/c1-16-7-8-21-20(11-16)18(14-27-21)12-22(24)23(13-17-5-3-2-4-6-17)19-9-10-28(25,26)15-19/h2-8,11,14,19H,9-10,12-13,15H2,1H3/t19-/m1/s1. The van der Waals surface area contributed by atoms with E-state index in [2.05, 4.69) is 0 Å². The quantitative estimate of drug-likeness (QED) is 0.661. The van der Waals surface area contributed by atoms with E-state index in [1.165, 1.54) is 0 Å². The summed E-state index contributed by atoms with van der Waals surface area (Å²) in [5.41, 5.74) is 3.69. The van der Waals surface area contributed by atoms with E-state index >= 15 is 0 Å². The van der Waals surface area contributed by atoms with Crippen LogP contribution in [-0.2, 0) is 27.6 Å². The first-order chi connectivity index (χ1) is 13.4. The molecule has 0 saturated carbocycles. The molecule has 1 aromatic heterocycles.